The summed E-state index contributed by atoms with van der Waals surface area (Å²) in [5, 5.41) is 3.39. The largest absolute Gasteiger partial charge is 0.496 e. The smallest absolute Gasteiger partial charge is 0.148 e. The number of hydrogen-bond acceptors (Lipinski definition) is 4. The highest BCUT2D eigenvalue weighted by Crippen LogP contribution is 2.33. The first-order chi connectivity index (χ1) is 9.43. The van der Waals surface area contributed by atoms with Crippen molar-refractivity contribution in [3.63, 3.8) is 0 Å². The molecule has 2 rings (SSSR count). The summed E-state index contributed by atoms with van der Waals surface area (Å²) >= 11 is 3.54. The van der Waals surface area contributed by atoms with Gasteiger partial charge in [-0.15, -0.1) is 0 Å². The Morgan fingerprint density at radius 1 is 1.10 bits per heavy atom. The van der Waals surface area contributed by atoms with Crippen LogP contribution in [0.3, 0.4) is 0 Å². The molecular formula is C15H18BrN3O. The van der Waals surface area contributed by atoms with Crippen molar-refractivity contribution in [2.75, 3.05) is 12.4 Å². The number of benzene rings is 1. The third kappa shape index (κ3) is 2.77. The van der Waals surface area contributed by atoms with Crippen LogP contribution in [-0.2, 0) is 0 Å². The zero-order chi connectivity index (χ0) is 14.9. The van der Waals surface area contributed by atoms with Crippen molar-refractivity contribution in [1.82, 2.24) is 9.97 Å². The molecule has 20 heavy (non-hydrogen) atoms. The van der Waals surface area contributed by atoms with Gasteiger partial charge in [0.25, 0.3) is 0 Å². The summed E-state index contributed by atoms with van der Waals surface area (Å²) in [6, 6.07) is 4.00. The number of rotatable bonds is 3. The Hall–Kier alpha value is -1.62. The van der Waals surface area contributed by atoms with E-state index < -0.39 is 0 Å². The summed E-state index contributed by atoms with van der Waals surface area (Å²) in [5.74, 6) is 2.37. The van der Waals surface area contributed by atoms with Crippen LogP contribution < -0.4 is 10.1 Å². The van der Waals surface area contributed by atoms with Crippen LogP contribution in [0, 0.1) is 27.7 Å². The SMILES string of the molecule is COc1ccc(C)c(Nc2nc(C)nc(C)c2Br)c1C. The number of hydrogen-bond donors (Lipinski definition) is 1. The molecule has 106 valence electrons. The number of nitrogens with one attached hydrogen (secondary N) is 1. The highest BCUT2D eigenvalue weighted by molar-refractivity contribution is 9.10. The lowest BCUT2D eigenvalue weighted by Gasteiger charge is -2.16. The van der Waals surface area contributed by atoms with Gasteiger partial charge in [-0.3, -0.25) is 0 Å². The molecule has 0 spiro atoms. The number of aryl methyl sites for hydroxylation is 3. The van der Waals surface area contributed by atoms with E-state index in [0.717, 1.165) is 44.4 Å². The normalized spacial score (nSPS) is 10.5. The Balaban J connectivity index is 2.50. The minimum atomic E-state index is 0.742. The van der Waals surface area contributed by atoms with E-state index in [9.17, 15) is 0 Å². The minimum Gasteiger partial charge on any atom is -0.496 e. The fourth-order valence-electron chi connectivity index (χ4n) is 2.14. The molecule has 0 aliphatic rings. The fraction of sp³-hybridized carbons (Fsp3) is 0.333. The number of ether oxygens (including phenoxy) is 1. The van der Waals surface area contributed by atoms with Gasteiger partial charge in [0.2, 0.25) is 0 Å². The second kappa shape index (κ2) is 5.79. The molecule has 2 aromatic rings. The fourth-order valence-corrected chi connectivity index (χ4v) is 2.42. The molecule has 5 heteroatoms. The van der Waals surface area contributed by atoms with Gasteiger partial charge < -0.3 is 10.1 Å². The lowest BCUT2D eigenvalue weighted by molar-refractivity contribution is 0.412. The number of aromatic nitrogens is 2. The second-order valence-corrected chi connectivity index (χ2v) is 5.52. The molecule has 0 aliphatic carbocycles. The first-order valence-corrected chi connectivity index (χ1v) is 7.15. The molecule has 1 N–H and O–H groups in total. The van der Waals surface area contributed by atoms with Gasteiger partial charge in [0.15, 0.2) is 0 Å². The molecule has 1 aromatic heterocycles. The molecule has 0 atom stereocenters. The van der Waals surface area contributed by atoms with Gasteiger partial charge in [-0.05, 0) is 55.3 Å². The quantitative estimate of drug-likeness (QED) is 0.911. The van der Waals surface area contributed by atoms with Crippen molar-refractivity contribution in [3.8, 4) is 5.75 Å². The number of anilines is 2. The lowest BCUT2D eigenvalue weighted by Crippen LogP contribution is -2.04. The molecule has 0 radical (unpaired) electrons. The average molecular weight is 336 g/mol. The standard InChI is InChI=1S/C15H18BrN3O/c1-8-6-7-12(20-5)9(2)14(8)19-15-13(16)10(3)17-11(4)18-15/h6-7H,1-5H3,(H,17,18,19). The monoisotopic (exact) mass is 335 g/mol. The Morgan fingerprint density at radius 3 is 2.45 bits per heavy atom. The van der Waals surface area contributed by atoms with E-state index in [2.05, 4.69) is 38.1 Å². The van der Waals surface area contributed by atoms with Gasteiger partial charge in [-0.2, -0.15) is 0 Å². The molecule has 0 saturated heterocycles. The van der Waals surface area contributed by atoms with Crippen LogP contribution in [0.1, 0.15) is 22.6 Å². The Kier molecular flexibility index (Phi) is 4.28. The van der Waals surface area contributed by atoms with Crippen LogP contribution in [0.4, 0.5) is 11.5 Å². The molecule has 1 heterocycles. The van der Waals surface area contributed by atoms with Crippen molar-refractivity contribution in [2.45, 2.75) is 27.7 Å². The Labute approximate surface area is 127 Å². The van der Waals surface area contributed by atoms with Crippen molar-refractivity contribution < 1.29 is 4.74 Å². The predicted molar refractivity (Wildman–Crippen MR) is 85.0 cm³/mol. The lowest BCUT2D eigenvalue weighted by atomic mass is 10.1. The maximum Gasteiger partial charge on any atom is 0.148 e. The Bertz CT molecular complexity index is 656. The number of methoxy groups -OCH3 is 1. The zero-order valence-corrected chi connectivity index (χ0v) is 13.9. The molecule has 0 saturated carbocycles. The van der Waals surface area contributed by atoms with Crippen molar-refractivity contribution in [2.24, 2.45) is 0 Å². The van der Waals surface area contributed by atoms with Gasteiger partial charge >= 0.3 is 0 Å². The number of halogens is 1. The maximum atomic E-state index is 5.37. The first-order valence-electron chi connectivity index (χ1n) is 6.36. The van der Waals surface area contributed by atoms with Gasteiger partial charge in [0.05, 0.1) is 17.3 Å². The molecule has 4 nitrogen and oxygen atoms in total. The topological polar surface area (TPSA) is 47.0 Å². The summed E-state index contributed by atoms with van der Waals surface area (Å²) < 4.78 is 6.25. The van der Waals surface area contributed by atoms with Gasteiger partial charge in [0.1, 0.15) is 17.4 Å². The van der Waals surface area contributed by atoms with E-state index in [0.29, 0.717) is 0 Å². The molecule has 0 bridgehead atoms. The van der Waals surface area contributed by atoms with Crippen LogP contribution >= 0.6 is 15.9 Å². The summed E-state index contributed by atoms with van der Waals surface area (Å²) in [4.78, 5) is 8.79. The summed E-state index contributed by atoms with van der Waals surface area (Å²) in [6.07, 6.45) is 0. The third-order valence-electron chi connectivity index (χ3n) is 3.22. The third-order valence-corrected chi connectivity index (χ3v) is 4.17. The van der Waals surface area contributed by atoms with E-state index in [4.69, 9.17) is 4.74 Å². The molecule has 1 aromatic carbocycles. The molecule has 0 fully saturated rings. The second-order valence-electron chi connectivity index (χ2n) is 4.73. The zero-order valence-electron chi connectivity index (χ0n) is 12.3. The first kappa shape index (κ1) is 14.8. The van der Waals surface area contributed by atoms with Crippen molar-refractivity contribution in [1.29, 1.82) is 0 Å². The van der Waals surface area contributed by atoms with Crippen LogP contribution in [0.5, 0.6) is 5.75 Å². The maximum absolute atomic E-state index is 5.37. The van der Waals surface area contributed by atoms with Gasteiger partial charge in [0, 0.05) is 11.3 Å². The minimum absolute atomic E-state index is 0.742. The van der Waals surface area contributed by atoms with Crippen LogP contribution in [-0.4, -0.2) is 17.1 Å². The average Bonchev–Trinajstić information content (AvgIpc) is 2.40. The van der Waals surface area contributed by atoms with Gasteiger partial charge in [-0.25, -0.2) is 9.97 Å². The van der Waals surface area contributed by atoms with Crippen LogP contribution in [0.2, 0.25) is 0 Å². The molecule has 0 amide bonds. The summed E-state index contributed by atoms with van der Waals surface area (Å²) in [7, 11) is 1.68. The number of nitrogens with zero attached hydrogens (tertiary/aromatic N) is 2. The molecule has 0 unspecified atom stereocenters. The summed E-state index contributed by atoms with van der Waals surface area (Å²) in [5.41, 5.74) is 4.14. The summed E-state index contributed by atoms with van der Waals surface area (Å²) in [6.45, 7) is 7.93. The van der Waals surface area contributed by atoms with Crippen molar-refractivity contribution in [3.05, 3.63) is 39.3 Å². The molecular weight excluding hydrogens is 318 g/mol. The highest BCUT2D eigenvalue weighted by Gasteiger charge is 2.12. The van der Waals surface area contributed by atoms with Crippen molar-refractivity contribution >= 4 is 27.4 Å². The van der Waals surface area contributed by atoms with E-state index in [1.165, 1.54) is 0 Å². The van der Waals surface area contributed by atoms with E-state index in [1.54, 1.807) is 7.11 Å². The predicted octanol–water partition coefficient (Wildman–Crippen LogP) is 4.22. The van der Waals surface area contributed by atoms with Crippen LogP contribution in [0.15, 0.2) is 16.6 Å². The van der Waals surface area contributed by atoms with Gasteiger partial charge in [-0.1, -0.05) is 6.07 Å². The van der Waals surface area contributed by atoms with Crippen LogP contribution in [0.25, 0.3) is 0 Å². The Morgan fingerprint density at radius 2 is 1.80 bits per heavy atom. The molecule has 0 aliphatic heterocycles. The van der Waals surface area contributed by atoms with E-state index in [1.807, 2.05) is 32.9 Å². The van der Waals surface area contributed by atoms with E-state index >= 15 is 0 Å². The van der Waals surface area contributed by atoms with E-state index in [-0.39, 0.29) is 0 Å². The highest BCUT2D eigenvalue weighted by atomic mass is 79.9.